The molecular weight excluding hydrogens is 284 g/mol. The fraction of sp³-hybridized carbons (Fsp3) is 0.278. The van der Waals surface area contributed by atoms with Crippen LogP contribution >= 0.6 is 11.6 Å². The lowest BCUT2D eigenvalue weighted by atomic mass is 10.1. The van der Waals surface area contributed by atoms with Crippen LogP contribution in [0.2, 0.25) is 5.02 Å². The molecule has 2 aromatic rings. The lowest BCUT2D eigenvalue weighted by Gasteiger charge is -2.00. The van der Waals surface area contributed by atoms with Gasteiger partial charge < -0.3 is 5.11 Å². The first-order valence-electron chi connectivity index (χ1n) is 7.05. The molecule has 0 amide bonds. The molecule has 0 spiro atoms. The van der Waals surface area contributed by atoms with Gasteiger partial charge in [0.1, 0.15) is 0 Å². The number of hydrogen-bond acceptors (Lipinski definition) is 1. The fourth-order valence-electron chi connectivity index (χ4n) is 1.72. The Morgan fingerprint density at radius 3 is 2.00 bits per heavy atom. The molecule has 0 saturated heterocycles. The SMILES string of the molecule is CCC(C)CC(=O)O.Clc1ccc(-c2ccccc2)cc1. The molecule has 2 aromatic carbocycles. The smallest absolute Gasteiger partial charge is 0.303 e. The van der Waals surface area contributed by atoms with Gasteiger partial charge in [0.15, 0.2) is 0 Å². The van der Waals surface area contributed by atoms with Gasteiger partial charge >= 0.3 is 5.97 Å². The molecule has 0 aliphatic carbocycles. The van der Waals surface area contributed by atoms with Gasteiger partial charge in [-0.25, -0.2) is 0 Å². The van der Waals surface area contributed by atoms with Crippen molar-refractivity contribution in [2.45, 2.75) is 26.7 Å². The third-order valence-electron chi connectivity index (χ3n) is 3.17. The first kappa shape index (κ1) is 17.3. The molecule has 0 heterocycles. The average Bonchev–Trinajstić information content (AvgIpc) is 2.49. The van der Waals surface area contributed by atoms with Gasteiger partial charge in [0.05, 0.1) is 0 Å². The highest BCUT2D eigenvalue weighted by Crippen LogP contribution is 2.20. The number of rotatable bonds is 4. The Bertz CT molecular complexity index is 535. The molecule has 0 saturated carbocycles. The number of halogens is 1. The van der Waals surface area contributed by atoms with Gasteiger partial charge in [-0.15, -0.1) is 0 Å². The Kier molecular flexibility index (Phi) is 7.55. The summed E-state index contributed by atoms with van der Waals surface area (Å²) in [6.45, 7) is 3.93. The summed E-state index contributed by atoms with van der Waals surface area (Å²) in [6.07, 6.45) is 1.25. The summed E-state index contributed by atoms with van der Waals surface area (Å²) < 4.78 is 0. The van der Waals surface area contributed by atoms with Crippen LogP contribution in [0.1, 0.15) is 26.7 Å². The second-order valence-corrected chi connectivity index (χ2v) is 5.42. The Morgan fingerprint density at radius 2 is 1.57 bits per heavy atom. The van der Waals surface area contributed by atoms with Crippen LogP contribution in [-0.2, 0) is 4.79 Å². The minimum Gasteiger partial charge on any atom is -0.481 e. The number of hydrogen-bond donors (Lipinski definition) is 1. The van der Waals surface area contributed by atoms with E-state index < -0.39 is 5.97 Å². The number of aliphatic carboxylic acids is 1. The zero-order valence-corrected chi connectivity index (χ0v) is 13.2. The number of benzene rings is 2. The van der Waals surface area contributed by atoms with E-state index in [4.69, 9.17) is 16.7 Å². The van der Waals surface area contributed by atoms with Crippen molar-refractivity contribution < 1.29 is 9.90 Å². The van der Waals surface area contributed by atoms with E-state index in [1.54, 1.807) is 0 Å². The molecule has 0 aliphatic rings. The Balaban J connectivity index is 0.000000240. The molecule has 2 rings (SSSR count). The zero-order valence-electron chi connectivity index (χ0n) is 12.4. The highest BCUT2D eigenvalue weighted by molar-refractivity contribution is 6.30. The molecule has 112 valence electrons. The van der Waals surface area contributed by atoms with Crippen LogP contribution in [0.4, 0.5) is 0 Å². The maximum Gasteiger partial charge on any atom is 0.303 e. The van der Waals surface area contributed by atoms with Crippen molar-refractivity contribution >= 4 is 17.6 Å². The molecular formula is C18H21ClO2. The molecule has 1 N–H and O–H groups in total. The summed E-state index contributed by atoms with van der Waals surface area (Å²) in [7, 11) is 0. The summed E-state index contributed by atoms with van der Waals surface area (Å²) in [5.41, 5.74) is 2.42. The second kappa shape index (κ2) is 9.19. The van der Waals surface area contributed by atoms with Crippen LogP contribution < -0.4 is 0 Å². The Labute approximate surface area is 131 Å². The van der Waals surface area contributed by atoms with Crippen LogP contribution in [0, 0.1) is 5.92 Å². The monoisotopic (exact) mass is 304 g/mol. The van der Waals surface area contributed by atoms with E-state index in [0.717, 1.165) is 11.4 Å². The molecule has 21 heavy (non-hydrogen) atoms. The minimum atomic E-state index is -0.695. The Morgan fingerprint density at radius 1 is 1.05 bits per heavy atom. The fourth-order valence-corrected chi connectivity index (χ4v) is 1.84. The molecule has 3 heteroatoms. The van der Waals surface area contributed by atoms with Crippen molar-refractivity contribution in [2.75, 3.05) is 0 Å². The molecule has 1 atom stereocenters. The van der Waals surface area contributed by atoms with E-state index in [-0.39, 0.29) is 0 Å². The second-order valence-electron chi connectivity index (χ2n) is 4.98. The van der Waals surface area contributed by atoms with Crippen LogP contribution in [0.5, 0.6) is 0 Å². The maximum absolute atomic E-state index is 9.97. The predicted octanol–water partition coefficient (Wildman–Crippen LogP) is 5.51. The van der Waals surface area contributed by atoms with Gasteiger partial charge in [-0.3, -0.25) is 4.79 Å². The van der Waals surface area contributed by atoms with E-state index in [9.17, 15) is 4.79 Å². The predicted molar refractivity (Wildman–Crippen MR) is 88.6 cm³/mol. The number of carboxylic acid groups (broad SMARTS) is 1. The molecule has 0 aliphatic heterocycles. The van der Waals surface area contributed by atoms with E-state index in [0.29, 0.717) is 12.3 Å². The summed E-state index contributed by atoms with van der Waals surface area (Å²) in [5, 5.41) is 8.99. The van der Waals surface area contributed by atoms with Crippen LogP contribution in [0.15, 0.2) is 54.6 Å². The highest BCUT2D eigenvalue weighted by Gasteiger charge is 2.02. The molecule has 0 radical (unpaired) electrons. The average molecular weight is 305 g/mol. The quantitative estimate of drug-likeness (QED) is 0.808. The molecule has 0 aromatic heterocycles. The van der Waals surface area contributed by atoms with Crippen molar-refractivity contribution in [3.63, 3.8) is 0 Å². The first-order chi connectivity index (χ1) is 10.0. The maximum atomic E-state index is 9.97. The van der Waals surface area contributed by atoms with Crippen molar-refractivity contribution in [3.05, 3.63) is 59.6 Å². The highest BCUT2D eigenvalue weighted by atomic mass is 35.5. The van der Waals surface area contributed by atoms with Gasteiger partial charge in [-0.1, -0.05) is 74.3 Å². The van der Waals surface area contributed by atoms with Crippen molar-refractivity contribution in [3.8, 4) is 11.1 Å². The van der Waals surface area contributed by atoms with E-state index >= 15 is 0 Å². The van der Waals surface area contributed by atoms with Gasteiger partial charge in [0.2, 0.25) is 0 Å². The molecule has 2 nitrogen and oxygen atoms in total. The minimum absolute atomic E-state index is 0.302. The zero-order chi connectivity index (χ0) is 15.7. The Hall–Kier alpha value is -1.80. The van der Waals surface area contributed by atoms with E-state index in [2.05, 4.69) is 12.1 Å². The van der Waals surface area contributed by atoms with Crippen molar-refractivity contribution in [2.24, 2.45) is 5.92 Å². The van der Waals surface area contributed by atoms with Crippen LogP contribution in [0.25, 0.3) is 11.1 Å². The van der Waals surface area contributed by atoms with Crippen molar-refractivity contribution in [1.82, 2.24) is 0 Å². The van der Waals surface area contributed by atoms with Crippen LogP contribution in [-0.4, -0.2) is 11.1 Å². The van der Waals surface area contributed by atoms with Crippen LogP contribution in [0.3, 0.4) is 0 Å². The lowest BCUT2D eigenvalue weighted by molar-refractivity contribution is -0.137. The largest absolute Gasteiger partial charge is 0.481 e. The van der Waals surface area contributed by atoms with E-state index in [1.807, 2.05) is 56.3 Å². The normalized spacial score (nSPS) is 11.2. The van der Waals surface area contributed by atoms with Gasteiger partial charge in [0, 0.05) is 11.4 Å². The summed E-state index contributed by atoms with van der Waals surface area (Å²) in [5.74, 6) is -0.369. The summed E-state index contributed by atoms with van der Waals surface area (Å²) in [4.78, 5) is 9.97. The number of carboxylic acids is 1. The molecule has 0 fully saturated rings. The van der Waals surface area contributed by atoms with Crippen molar-refractivity contribution in [1.29, 1.82) is 0 Å². The van der Waals surface area contributed by atoms with Gasteiger partial charge in [-0.2, -0.15) is 0 Å². The van der Waals surface area contributed by atoms with Gasteiger partial charge in [-0.05, 0) is 29.2 Å². The van der Waals surface area contributed by atoms with Gasteiger partial charge in [0.25, 0.3) is 0 Å². The number of carbonyl (C=O) groups is 1. The molecule has 1 unspecified atom stereocenters. The first-order valence-corrected chi connectivity index (χ1v) is 7.43. The third kappa shape index (κ3) is 6.96. The lowest BCUT2D eigenvalue weighted by Crippen LogP contribution is -2.02. The third-order valence-corrected chi connectivity index (χ3v) is 3.42. The molecule has 0 bridgehead atoms. The van der Waals surface area contributed by atoms with E-state index in [1.165, 1.54) is 11.1 Å². The summed E-state index contributed by atoms with van der Waals surface area (Å²) >= 11 is 5.80. The standard InChI is InChI=1S/C12H9Cl.C6H12O2/c13-12-8-6-11(7-9-12)10-4-2-1-3-5-10;1-3-5(2)4-6(7)8/h1-9H;5H,3-4H2,1-2H3,(H,7,8). The topological polar surface area (TPSA) is 37.3 Å². The summed E-state index contributed by atoms with van der Waals surface area (Å²) in [6, 6.07) is 18.1.